The van der Waals surface area contributed by atoms with Gasteiger partial charge in [0.25, 0.3) is 5.56 Å². The second kappa shape index (κ2) is 9.70. The minimum Gasteiger partial charge on any atom is -0.366 e. The fourth-order valence-corrected chi connectivity index (χ4v) is 4.46. The fraction of sp³-hybridized carbons (Fsp3) is 0.360. The van der Waals surface area contributed by atoms with Gasteiger partial charge in [-0.15, -0.1) is 0 Å². The lowest BCUT2D eigenvalue weighted by molar-refractivity contribution is 0.486. The van der Waals surface area contributed by atoms with Crippen LogP contribution < -0.4 is 21.9 Å². The third kappa shape index (κ3) is 4.61. The van der Waals surface area contributed by atoms with Crippen molar-refractivity contribution in [2.24, 2.45) is 5.73 Å². The minimum absolute atomic E-state index is 0.0391. The van der Waals surface area contributed by atoms with Crippen molar-refractivity contribution in [3.8, 4) is 0 Å². The number of hydrogen-bond donors (Lipinski definition) is 1. The molecule has 0 bridgehead atoms. The van der Waals surface area contributed by atoms with Gasteiger partial charge in [0.2, 0.25) is 0 Å². The Kier molecular flexibility index (Phi) is 6.74. The third-order valence-corrected chi connectivity index (χ3v) is 6.31. The second-order valence-corrected chi connectivity index (χ2v) is 8.48. The van der Waals surface area contributed by atoms with E-state index in [2.05, 4.69) is 0 Å². The van der Waals surface area contributed by atoms with E-state index in [9.17, 15) is 18.4 Å². The van der Waals surface area contributed by atoms with Gasteiger partial charge in [0.05, 0.1) is 13.1 Å². The maximum absolute atomic E-state index is 14.4. The number of nitrogens with zero attached hydrogens (tertiary/aromatic N) is 3. The molecule has 4 rings (SSSR count). The summed E-state index contributed by atoms with van der Waals surface area (Å²) in [6.45, 7) is 2.68. The minimum atomic E-state index is -0.737. The number of nitrogens with two attached hydrogens (primary N) is 1. The summed E-state index contributed by atoms with van der Waals surface area (Å²) in [5, 5.41) is 0. The quantitative estimate of drug-likeness (QED) is 0.620. The predicted molar refractivity (Wildman–Crippen MR) is 125 cm³/mol. The normalized spacial score (nSPS) is 15.0. The molecule has 0 amide bonds. The van der Waals surface area contributed by atoms with Gasteiger partial charge in [-0.25, -0.2) is 13.6 Å². The van der Waals surface area contributed by atoms with Crippen LogP contribution in [-0.2, 0) is 13.1 Å². The smallest absolute Gasteiger partial charge is 0.331 e. The molecule has 0 radical (unpaired) electrons. The van der Waals surface area contributed by atoms with Crippen LogP contribution in [0.2, 0.25) is 0 Å². The summed E-state index contributed by atoms with van der Waals surface area (Å²) in [6.07, 6.45) is 2.94. The molecule has 0 unspecified atom stereocenters. The summed E-state index contributed by atoms with van der Waals surface area (Å²) < 4.78 is 31.2. The molecule has 1 fully saturated rings. The van der Waals surface area contributed by atoms with Crippen molar-refractivity contribution in [1.29, 1.82) is 0 Å². The maximum Gasteiger partial charge on any atom is 0.331 e. The maximum atomic E-state index is 14.4. The highest BCUT2D eigenvalue weighted by atomic mass is 19.1. The Bertz CT molecular complexity index is 1230. The van der Waals surface area contributed by atoms with Gasteiger partial charge >= 0.3 is 5.69 Å². The van der Waals surface area contributed by atoms with E-state index in [1.807, 2.05) is 35.2 Å². The lowest BCUT2D eigenvalue weighted by atomic mass is 10.1. The number of piperidine rings is 1. The molecule has 1 saturated heterocycles. The van der Waals surface area contributed by atoms with Crippen molar-refractivity contribution >= 4 is 5.69 Å². The molecule has 1 aliphatic rings. The first-order valence-corrected chi connectivity index (χ1v) is 11.2. The molecule has 1 aliphatic heterocycles. The van der Waals surface area contributed by atoms with Crippen LogP contribution in [0.5, 0.6) is 0 Å². The first kappa shape index (κ1) is 22.9. The van der Waals surface area contributed by atoms with Gasteiger partial charge in [-0.3, -0.25) is 13.9 Å². The number of rotatable bonds is 6. The highest BCUT2D eigenvalue weighted by Crippen LogP contribution is 2.21. The SMILES string of the molecule is Cc1c(N2CCCCC2)c(=O)n(C[C@@H](N)c2ccccc2)c(=O)n1Cc1c(F)cccc1F. The molecular formula is C25H28F2N4O2. The van der Waals surface area contributed by atoms with Crippen molar-refractivity contribution in [3.63, 3.8) is 0 Å². The molecule has 2 aromatic carbocycles. The van der Waals surface area contributed by atoms with Crippen LogP contribution in [0.15, 0.2) is 58.1 Å². The molecule has 6 nitrogen and oxygen atoms in total. The number of anilines is 1. The van der Waals surface area contributed by atoms with Crippen molar-refractivity contribution in [3.05, 3.63) is 97.8 Å². The van der Waals surface area contributed by atoms with Gasteiger partial charge in [-0.2, -0.15) is 0 Å². The number of halogens is 2. The molecule has 1 aromatic heterocycles. The van der Waals surface area contributed by atoms with Crippen LogP contribution >= 0.6 is 0 Å². The van der Waals surface area contributed by atoms with E-state index in [-0.39, 0.29) is 18.7 Å². The van der Waals surface area contributed by atoms with Crippen LogP contribution in [0.25, 0.3) is 0 Å². The lowest BCUT2D eigenvalue weighted by Crippen LogP contribution is -2.47. The van der Waals surface area contributed by atoms with Crippen LogP contribution in [0.4, 0.5) is 14.5 Å². The molecule has 3 aromatic rings. The molecule has 1 atom stereocenters. The molecule has 174 valence electrons. The highest BCUT2D eigenvalue weighted by molar-refractivity contribution is 5.49. The Labute approximate surface area is 190 Å². The van der Waals surface area contributed by atoms with Gasteiger partial charge in [0.15, 0.2) is 0 Å². The molecule has 0 spiro atoms. The van der Waals surface area contributed by atoms with E-state index in [0.29, 0.717) is 24.5 Å². The zero-order chi connectivity index (χ0) is 23.5. The highest BCUT2D eigenvalue weighted by Gasteiger charge is 2.24. The lowest BCUT2D eigenvalue weighted by Gasteiger charge is -2.31. The Hall–Kier alpha value is -3.26. The van der Waals surface area contributed by atoms with Gasteiger partial charge in [-0.1, -0.05) is 36.4 Å². The monoisotopic (exact) mass is 454 g/mol. The number of aromatic nitrogens is 2. The fourth-order valence-electron chi connectivity index (χ4n) is 4.46. The topological polar surface area (TPSA) is 73.3 Å². The Morgan fingerprint density at radius 3 is 2.18 bits per heavy atom. The zero-order valence-corrected chi connectivity index (χ0v) is 18.6. The van der Waals surface area contributed by atoms with Crippen LogP contribution in [0, 0.1) is 18.6 Å². The summed E-state index contributed by atoms with van der Waals surface area (Å²) in [6, 6.07) is 12.2. The van der Waals surface area contributed by atoms with Crippen molar-refractivity contribution < 1.29 is 8.78 Å². The van der Waals surface area contributed by atoms with E-state index < -0.39 is 28.9 Å². The molecule has 8 heteroatoms. The van der Waals surface area contributed by atoms with Gasteiger partial charge in [0.1, 0.15) is 17.3 Å². The summed E-state index contributed by atoms with van der Waals surface area (Å²) in [4.78, 5) is 28.9. The van der Waals surface area contributed by atoms with Crippen LogP contribution in [0.1, 0.15) is 42.1 Å². The molecule has 33 heavy (non-hydrogen) atoms. The number of hydrogen-bond acceptors (Lipinski definition) is 4. The summed E-state index contributed by atoms with van der Waals surface area (Å²) in [7, 11) is 0. The second-order valence-electron chi connectivity index (χ2n) is 8.48. The first-order valence-electron chi connectivity index (χ1n) is 11.2. The number of benzene rings is 2. The summed E-state index contributed by atoms with van der Waals surface area (Å²) in [5.74, 6) is -1.47. The molecular weight excluding hydrogens is 426 g/mol. The van der Waals surface area contributed by atoms with Crippen molar-refractivity contribution in [1.82, 2.24) is 9.13 Å². The third-order valence-electron chi connectivity index (χ3n) is 6.31. The van der Waals surface area contributed by atoms with E-state index in [4.69, 9.17) is 5.73 Å². The predicted octanol–water partition coefficient (Wildman–Crippen LogP) is 3.34. The Morgan fingerprint density at radius 1 is 0.909 bits per heavy atom. The van der Waals surface area contributed by atoms with Gasteiger partial charge in [-0.05, 0) is 43.9 Å². The largest absolute Gasteiger partial charge is 0.366 e. The van der Waals surface area contributed by atoms with Crippen molar-refractivity contribution in [2.45, 2.75) is 45.3 Å². The van der Waals surface area contributed by atoms with E-state index >= 15 is 0 Å². The zero-order valence-electron chi connectivity index (χ0n) is 18.6. The average Bonchev–Trinajstić information content (AvgIpc) is 2.82. The Morgan fingerprint density at radius 2 is 1.55 bits per heavy atom. The van der Waals surface area contributed by atoms with E-state index in [1.165, 1.54) is 10.6 Å². The van der Waals surface area contributed by atoms with Crippen molar-refractivity contribution in [2.75, 3.05) is 18.0 Å². The van der Waals surface area contributed by atoms with Crippen LogP contribution in [0.3, 0.4) is 0 Å². The van der Waals surface area contributed by atoms with E-state index in [0.717, 1.165) is 41.5 Å². The molecule has 0 aliphatic carbocycles. The molecule has 0 saturated carbocycles. The standard InChI is InChI=1S/C25H28F2N4O2/c1-17-23(29-13-6-3-7-14-29)24(32)31(16-22(28)18-9-4-2-5-10-18)25(33)30(17)15-19-20(26)11-8-12-21(19)27/h2,4-5,8-12,22H,3,6-7,13-16,28H2,1H3/t22-/m1/s1. The van der Waals surface area contributed by atoms with Gasteiger partial charge < -0.3 is 10.6 Å². The molecule has 2 N–H and O–H groups in total. The molecule has 2 heterocycles. The Balaban J connectivity index is 1.85. The average molecular weight is 455 g/mol. The van der Waals surface area contributed by atoms with Gasteiger partial charge in [0, 0.05) is 30.4 Å². The first-order chi connectivity index (χ1) is 15.9. The van der Waals surface area contributed by atoms with E-state index in [1.54, 1.807) is 6.92 Å². The summed E-state index contributed by atoms with van der Waals surface area (Å²) in [5.41, 5.74) is 6.65. The summed E-state index contributed by atoms with van der Waals surface area (Å²) >= 11 is 0. The van der Waals surface area contributed by atoms with Crippen LogP contribution in [-0.4, -0.2) is 22.2 Å².